The molecule has 0 aromatic carbocycles. The lowest BCUT2D eigenvalue weighted by atomic mass is 9.80. The molecule has 0 N–H and O–H groups in total. The Balaban J connectivity index is 4.87. The van der Waals surface area contributed by atoms with Crippen molar-refractivity contribution in [3.8, 4) is 0 Å². The van der Waals surface area contributed by atoms with Crippen LogP contribution in [0.5, 0.6) is 0 Å². The Morgan fingerprint density at radius 1 is 0.703 bits per heavy atom. The highest BCUT2D eigenvalue weighted by Crippen LogP contribution is 2.34. The molecule has 0 saturated heterocycles. The SMILES string of the molecule is CCC(C)(P)/C=C(\C)CC(C)(C)CCCN(CCCN(C)C)CCCC(C)(C)C/C(C)=C/CC(C)(C)P. The van der Waals surface area contributed by atoms with E-state index in [9.17, 15) is 0 Å². The highest BCUT2D eigenvalue weighted by Gasteiger charge is 2.22. The van der Waals surface area contributed by atoms with E-state index in [2.05, 4.69) is 124 Å². The molecule has 0 amide bonds. The predicted octanol–water partition coefficient (Wildman–Crippen LogP) is 9.61. The van der Waals surface area contributed by atoms with Crippen molar-refractivity contribution in [2.45, 2.75) is 137 Å². The molecular weight excluding hydrogens is 486 g/mol. The predicted molar refractivity (Wildman–Crippen MR) is 179 cm³/mol. The minimum absolute atomic E-state index is 0.233. The Morgan fingerprint density at radius 2 is 1.16 bits per heavy atom. The summed E-state index contributed by atoms with van der Waals surface area (Å²) in [7, 11) is 10.4. The number of nitrogens with zero attached hydrogens (tertiary/aromatic N) is 2. The average Bonchev–Trinajstić information content (AvgIpc) is 2.69. The van der Waals surface area contributed by atoms with E-state index in [0.717, 1.165) is 6.42 Å². The number of allylic oxidation sites excluding steroid dienone is 4. The largest absolute Gasteiger partial charge is 0.309 e. The van der Waals surface area contributed by atoms with Crippen LogP contribution in [0, 0.1) is 10.8 Å². The van der Waals surface area contributed by atoms with Gasteiger partial charge in [-0.2, -0.15) is 0 Å². The van der Waals surface area contributed by atoms with Gasteiger partial charge in [0.15, 0.2) is 0 Å². The standard InChI is InChI=1S/C33H68N2P2/c1-13-33(10,37)27-29(3)26-31(6,7)19-15-23-35(24-16-21-34(11)12)22-14-18-30(4,5)25-28(2)17-20-32(8,9)36/h17,27H,13-16,18-26,36-37H2,1-12H3/b28-17+,29-27+. The highest BCUT2D eigenvalue weighted by atomic mass is 31.0. The molecule has 0 aliphatic heterocycles. The fourth-order valence-corrected chi connectivity index (χ4v) is 5.82. The molecule has 0 heterocycles. The fourth-order valence-electron chi connectivity index (χ4n) is 5.42. The monoisotopic (exact) mass is 554 g/mol. The van der Waals surface area contributed by atoms with Crippen LogP contribution in [0.4, 0.5) is 0 Å². The first-order valence-electron chi connectivity index (χ1n) is 15.0. The summed E-state index contributed by atoms with van der Waals surface area (Å²) in [6.45, 7) is 28.6. The summed E-state index contributed by atoms with van der Waals surface area (Å²) in [5.41, 5.74) is 3.83. The topological polar surface area (TPSA) is 6.48 Å². The molecule has 0 bridgehead atoms. The summed E-state index contributed by atoms with van der Waals surface area (Å²) >= 11 is 0. The molecule has 220 valence electrons. The van der Waals surface area contributed by atoms with Crippen LogP contribution in [0.2, 0.25) is 0 Å². The third-order valence-corrected chi connectivity index (χ3v) is 8.38. The van der Waals surface area contributed by atoms with Gasteiger partial charge in [0.25, 0.3) is 0 Å². The number of hydrogen-bond acceptors (Lipinski definition) is 2. The second-order valence-corrected chi connectivity index (χ2v) is 17.9. The molecule has 2 nitrogen and oxygen atoms in total. The third-order valence-electron chi connectivity index (χ3n) is 7.56. The zero-order chi connectivity index (χ0) is 28.9. The van der Waals surface area contributed by atoms with Crippen molar-refractivity contribution in [2.24, 2.45) is 10.8 Å². The molecular formula is C33H68N2P2. The van der Waals surface area contributed by atoms with Crippen LogP contribution in [-0.4, -0.2) is 60.4 Å². The summed E-state index contributed by atoms with van der Waals surface area (Å²) < 4.78 is 0. The average molecular weight is 555 g/mol. The summed E-state index contributed by atoms with van der Waals surface area (Å²) in [6.07, 6.45) is 16.1. The van der Waals surface area contributed by atoms with Crippen molar-refractivity contribution < 1.29 is 0 Å². The molecule has 0 spiro atoms. The summed E-state index contributed by atoms with van der Waals surface area (Å²) in [4.78, 5) is 5.08. The molecule has 0 aliphatic carbocycles. The Hall–Kier alpha value is 0.260. The van der Waals surface area contributed by atoms with Crippen molar-refractivity contribution in [3.05, 3.63) is 23.3 Å². The molecule has 0 fully saturated rings. The van der Waals surface area contributed by atoms with E-state index in [1.807, 2.05) is 0 Å². The van der Waals surface area contributed by atoms with E-state index < -0.39 is 0 Å². The van der Waals surface area contributed by atoms with E-state index in [0.29, 0.717) is 16.0 Å². The molecule has 0 aromatic heterocycles. The maximum atomic E-state index is 3.03. The van der Waals surface area contributed by atoms with E-state index in [4.69, 9.17) is 0 Å². The smallest absolute Gasteiger partial charge is 0.000117 e. The molecule has 0 rings (SSSR count). The normalized spacial score (nSPS) is 16.1. The van der Waals surface area contributed by atoms with Gasteiger partial charge < -0.3 is 9.80 Å². The van der Waals surface area contributed by atoms with Gasteiger partial charge in [-0.15, -0.1) is 18.5 Å². The maximum absolute atomic E-state index is 3.03. The van der Waals surface area contributed by atoms with Crippen LogP contribution in [-0.2, 0) is 0 Å². The zero-order valence-corrected chi connectivity index (χ0v) is 29.7. The second-order valence-electron chi connectivity index (χ2n) is 15.0. The van der Waals surface area contributed by atoms with Crippen molar-refractivity contribution in [3.63, 3.8) is 0 Å². The van der Waals surface area contributed by atoms with E-state index >= 15 is 0 Å². The minimum atomic E-state index is 0.233. The van der Waals surface area contributed by atoms with Gasteiger partial charge in [-0.25, -0.2) is 0 Å². The van der Waals surface area contributed by atoms with Crippen molar-refractivity contribution in [2.75, 3.05) is 40.3 Å². The van der Waals surface area contributed by atoms with Crippen molar-refractivity contribution >= 4 is 18.5 Å². The molecule has 37 heavy (non-hydrogen) atoms. The summed E-state index contributed by atoms with van der Waals surface area (Å²) in [5, 5.41) is 0.532. The third kappa shape index (κ3) is 21.7. The van der Waals surface area contributed by atoms with Crippen LogP contribution in [0.25, 0.3) is 0 Å². The van der Waals surface area contributed by atoms with Crippen molar-refractivity contribution in [1.82, 2.24) is 9.80 Å². The lowest BCUT2D eigenvalue weighted by Gasteiger charge is -2.30. The van der Waals surface area contributed by atoms with E-state index in [1.54, 1.807) is 11.1 Å². The van der Waals surface area contributed by atoms with E-state index in [-0.39, 0.29) is 5.16 Å². The van der Waals surface area contributed by atoms with Gasteiger partial charge in [-0.05, 0) is 133 Å². The number of hydrogen-bond donors (Lipinski definition) is 0. The van der Waals surface area contributed by atoms with Crippen LogP contribution in [0.15, 0.2) is 23.3 Å². The molecule has 0 radical (unpaired) electrons. The van der Waals surface area contributed by atoms with Crippen LogP contribution in [0.3, 0.4) is 0 Å². The highest BCUT2D eigenvalue weighted by molar-refractivity contribution is 7.19. The van der Waals surface area contributed by atoms with Crippen LogP contribution in [0.1, 0.15) is 127 Å². The summed E-state index contributed by atoms with van der Waals surface area (Å²) in [5.74, 6) is 0. The second kappa shape index (κ2) is 17.2. The Morgan fingerprint density at radius 3 is 1.59 bits per heavy atom. The maximum Gasteiger partial charge on any atom is -0.000117 e. The van der Waals surface area contributed by atoms with Gasteiger partial charge in [0.05, 0.1) is 0 Å². The lowest BCUT2D eigenvalue weighted by Crippen LogP contribution is -2.31. The van der Waals surface area contributed by atoms with Gasteiger partial charge in [0.1, 0.15) is 0 Å². The Bertz CT molecular complexity index is 681. The molecule has 3 atom stereocenters. The van der Waals surface area contributed by atoms with Crippen LogP contribution >= 0.6 is 18.5 Å². The zero-order valence-electron chi connectivity index (χ0n) is 27.4. The minimum Gasteiger partial charge on any atom is -0.309 e. The lowest BCUT2D eigenvalue weighted by molar-refractivity contribution is 0.212. The van der Waals surface area contributed by atoms with Gasteiger partial charge in [-0.1, -0.05) is 78.7 Å². The molecule has 0 aromatic rings. The van der Waals surface area contributed by atoms with Gasteiger partial charge in [0, 0.05) is 0 Å². The molecule has 0 saturated carbocycles. The number of rotatable bonds is 20. The van der Waals surface area contributed by atoms with Gasteiger partial charge in [0.2, 0.25) is 0 Å². The van der Waals surface area contributed by atoms with Crippen molar-refractivity contribution in [1.29, 1.82) is 0 Å². The first-order valence-corrected chi connectivity index (χ1v) is 16.2. The molecule has 4 heteroatoms. The first kappa shape index (κ1) is 37.3. The molecule has 3 unspecified atom stereocenters. The Kier molecular flexibility index (Phi) is 17.3. The van der Waals surface area contributed by atoms with Gasteiger partial charge >= 0.3 is 0 Å². The Labute approximate surface area is 239 Å². The molecule has 0 aliphatic rings. The van der Waals surface area contributed by atoms with Gasteiger partial charge in [-0.3, -0.25) is 0 Å². The fraction of sp³-hybridized carbons (Fsp3) is 0.879. The quantitative estimate of drug-likeness (QED) is 0.109. The first-order chi connectivity index (χ1) is 16.8. The van der Waals surface area contributed by atoms with E-state index in [1.165, 1.54) is 77.5 Å². The van der Waals surface area contributed by atoms with Crippen LogP contribution < -0.4 is 0 Å². The summed E-state index contributed by atoms with van der Waals surface area (Å²) in [6, 6.07) is 0.